The standard InChI is InChI=1S/C21H20FN3O5/c1-13(21(27)23-17-12-16(28-2)8-9-18(17)29-3)30-19-10-11-20(26)25(24-19)15-6-4-14(22)5-7-15/h4-13H,1-3H3,(H,23,27). The molecule has 1 unspecified atom stereocenters. The largest absolute Gasteiger partial charge is 0.497 e. The van der Waals surface area contributed by atoms with Gasteiger partial charge in [-0.25, -0.2) is 4.39 Å². The summed E-state index contributed by atoms with van der Waals surface area (Å²) in [6, 6.07) is 12.9. The Morgan fingerprint density at radius 3 is 2.47 bits per heavy atom. The maximum atomic E-state index is 13.1. The highest BCUT2D eigenvalue weighted by atomic mass is 19.1. The van der Waals surface area contributed by atoms with Crippen molar-refractivity contribution in [3.63, 3.8) is 0 Å². The van der Waals surface area contributed by atoms with Gasteiger partial charge in [-0.3, -0.25) is 9.59 Å². The van der Waals surface area contributed by atoms with Crippen LogP contribution in [-0.2, 0) is 4.79 Å². The van der Waals surface area contributed by atoms with Gasteiger partial charge < -0.3 is 19.5 Å². The van der Waals surface area contributed by atoms with Crippen LogP contribution in [0.4, 0.5) is 10.1 Å². The number of aromatic nitrogens is 2. The number of carbonyl (C=O) groups is 1. The van der Waals surface area contributed by atoms with Crippen molar-refractivity contribution < 1.29 is 23.4 Å². The van der Waals surface area contributed by atoms with Crippen molar-refractivity contribution in [3.8, 4) is 23.1 Å². The number of carbonyl (C=O) groups excluding carboxylic acids is 1. The number of nitrogens with one attached hydrogen (secondary N) is 1. The number of anilines is 1. The number of halogens is 1. The van der Waals surface area contributed by atoms with Gasteiger partial charge in [0.1, 0.15) is 17.3 Å². The molecule has 0 spiro atoms. The van der Waals surface area contributed by atoms with E-state index in [2.05, 4.69) is 10.4 Å². The Bertz CT molecular complexity index is 1100. The molecule has 1 N–H and O–H groups in total. The molecule has 0 radical (unpaired) electrons. The Hall–Kier alpha value is -3.88. The first-order chi connectivity index (χ1) is 14.4. The van der Waals surface area contributed by atoms with Crippen LogP contribution < -0.4 is 25.1 Å². The highest BCUT2D eigenvalue weighted by molar-refractivity contribution is 5.95. The first-order valence-corrected chi connectivity index (χ1v) is 8.97. The molecule has 0 aliphatic rings. The van der Waals surface area contributed by atoms with E-state index >= 15 is 0 Å². The molecule has 1 aromatic heterocycles. The van der Waals surface area contributed by atoms with Gasteiger partial charge in [0, 0.05) is 18.2 Å². The summed E-state index contributed by atoms with van der Waals surface area (Å²) in [5, 5.41) is 6.81. The molecule has 8 nitrogen and oxygen atoms in total. The number of hydrogen-bond acceptors (Lipinski definition) is 6. The van der Waals surface area contributed by atoms with Gasteiger partial charge in [0.25, 0.3) is 11.5 Å². The third kappa shape index (κ3) is 4.75. The molecule has 1 atom stereocenters. The van der Waals surface area contributed by atoms with E-state index in [1.54, 1.807) is 18.2 Å². The van der Waals surface area contributed by atoms with E-state index in [0.717, 1.165) is 4.68 Å². The van der Waals surface area contributed by atoms with Crippen LogP contribution in [0.1, 0.15) is 6.92 Å². The molecular weight excluding hydrogens is 393 g/mol. The van der Waals surface area contributed by atoms with E-state index in [4.69, 9.17) is 14.2 Å². The summed E-state index contributed by atoms with van der Waals surface area (Å²) in [4.78, 5) is 24.7. The van der Waals surface area contributed by atoms with Crippen LogP contribution >= 0.6 is 0 Å². The van der Waals surface area contributed by atoms with Crippen LogP contribution in [0.3, 0.4) is 0 Å². The molecule has 156 valence electrons. The summed E-state index contributed by atoms with van der Waals surface area (Å²) in [5.41, 5.74) is 0.360. The molecular formula is C21H20FN3O5. The number of methoxy groups -OCH3 is 2. The average molecular weight is 413 g/mol. The van der Waals surface area contributed by atoms with Crippen molar-refractivity contribution in [2.24, 2.45) is 0 Å². The predicted octanol–water partition coefficient (Wildman–Crippen LogP) is 2.79. The van der Waals surface area contributed by atoms with Crippen molar-refractivity contribution in [2.75, 3.05) is 19.5 Å². The van der Waals surface area contributed by atoms with Gasteiger partial charge in [-0.1, -0.05) is 0 Å². The van der Waals surface area contributed by atoms with E-state index in [-0.39, 0.29) is 5.88 Å². The number of amides is 1. The highest BCUT2D eigenvalue weighted by Gasteiger charge is 2.18. The van der Waals surface area contributed by atoms with E-state index in [9.17, 15) is 14.0 Å². The molecule has 0 saturated heterocycles. The molecule has 3 rings (SSSR count). The predicted molar refractivity (Wildman–Crippen MR) is 108 cm³/mol. The van der Waals surface area contributed by atoms with Gasteiger partial charge in [0.2, 0.25) is 5.88 Å². The first kappa shape index (κ1) is 20.8. The lowest BCUT2D eigenvalue weighted by atomic mass is 10.2. The molecule has 0 saturated carbocycles. The molecule has 30 heavy (non-hydrogen) atoms. The molecule has 1 amide bonds. The Balaban J connectivity index is 1.77. The number of ether oxygens (including phenoxy) is 3. The van der Waals surface area contributed by atoms with Gasteiger partial charge >= 0.3 is 0 Å². The molecule has 0 aliphatic carbocycles. The Kier molecular flexibility index (Phi) is 6.31. The van der Waals surface area contributed by atoms with Crippen molar-refractivity contribution in [3.05, 3.63) is 70.8 Å². The summed E-state index contributed by atoms with van der Waals surface area (Å²) < 4.78 is 30.2. The monoisotopic (exact) mass is 413 g/mol. The lowest BCUT2D eigenvalue weighted by Gasteiger charge is -2.16. The Morgan fingerprint density at radius 1 is 1.07 bits per heavy atom. The average Bonchev–Trinajstić information content (AvgIpc) is 2.75. The van der Waals surface area contributed by atoms with Crippen LogP contribution in [0.2, 0.25) is 0 Å². The summed E-state index contributed by atoms with van der Waals surface area (Å²) in [6.45, 7) is 1.54. The van der Waals surface area contributed by atoms with Crippen molar-refractivity contribution in [1.29, 1.82) is 0 Å². The van der Waals surface area contributed by atoms with Crippen LogP contribution in [0.5, 0.6) is 17.4 Å². The van der Waals surface area contributed by atoms with E-state index < -0.39 is 23.4 Å². The molecule has 0 fully saturated rings. The third-order valence-electron chi connectivity index (χ3n) is 4.18. The van der Waals surface area contributed by atoms with Gasteiger partial charge in [0.05, 0.1) is 25.6 Å². The minimum absolute atomic E-state index is 0.0548. The zero-order valence-electron chi connectivity index (χ0n) is 16.6. The van der Waals surface area contributed by atoms with Crippen LogP contribution in [0, 0.1) is 5.82 Å². The van der Waals surface area contributed by atoms with E-state index in [0.29, 0.717) is 22.9 Å². The first-order valence-electron chi connectivity index (χ1n) is 8.97. The Morgan fingerprint density at radius 2 is 1.80 bits per heavy atom. The number of nitrogens with zero attached hydrogens (tertiary/aromatic N) is 2. The van der Waals surface area contributed by atoms with Crippen molar-refractivity contribution >= 4 is 11.6 Å². The van der Waals surface area contributed by atoms with Gasteiger partial charge in [-0.2, -0.15) is 4.68 Å². The molecule has 9 heteroatoms. The molecule has 1 heterocycles. The fourth-order valence-corrected chi connectivity index (χ4v) is 2.61. The van der Waals surface area contributed by atoms with Crippen molar-refractivity contribution in [2.45, 2.75) is 13.0 Å². The fraction of sp³-hybridized carbons (Fsp3) is 0.190. The normalized spacial score (nSPS) is 11.5. The number of hydrogen-bond donors (Lipinski definition) is 1. The second kappa shape index (κ2) is 9.08. The fourth-order valence-electron chi connectivity index (χ4n) is 2.61. The zero-order chi connectivity index (χ0) is 21.7. The van der Waals surface area contributed by atoms with Gasteiger partial charge in [0.15, 0.2) is 6.10 Å². The lowest BCUT2D eigenvalue weighted by Crippen LogP contribution is -2.31. The second-order valence-corrected chi connectivity index (χ2v) is 6.21. The SMILES string of the molecule is COc1ccc(OC)c(NC(=O)C(C)Oc2ccc(=O)n(-c3ccc(F)cc3)n2)c1. The second-order valence-electron chi connectivity index (χ2n) is 6.21. The molecule has 0 aliphatic heterocycles. The molecule has 3 aromatic rings. The molecule has 2 aromatic carbocycles. The quantitative estimate of drug-likeness (QED) is 0.641. The van der Waals surface area contributed by atoms with Gasteiger partial charge in [-0.15, -0.1) is 5.10 Å². The summed E-state index contributed by atoms with van der Waals surface area (Å²) >= 11 is 0. The third-order valence-corrected chi connectivity index (χ3v) is 4.18. The highest BCUT2D eigenvalue weighted by Crippen LogP contribution is 2.29. The van der Waals surface area contributed by atoms with Gasteiger partial charge in [-0.05, 0) is 43.3 Å². The van der Waals surface area contributed by atoms with E-state index in [1.807, 2.05) is 0 Å². The summed E-state index contributed by atoms with van der Waals surface area (Å²) in [7, 11) is 3.00. The smallest absolute Gasteiger partial charge is 0.271 e. The number of benzene rings is 2. The maximum Gasteiger partial charge on any atom is 0.271 e. The minimum atomic E-state index is -0.937. The number of rotatable bonds is 7. The topological polar surface area (TPSA) is 91.7 Å². The maximum absolute atomic E-state index is 13.1. The zero-order valence-corrected chi connectivity index (χ0v) is 16.6. The molecule has 0 bridgehead atoms. The minimum Gasteiger partial charge on any atom is -0.497 e. The summed E-state index contributed by atoms with van der Waals surface area (Å²) in [6.07, 6.45) is -0.937. The van der Waals surface area contributed by atoms with Crippen LogP contribution in [0.15, 0.2) is 59.4 Å². The van der Waals surface area contributed by atoms with E-state index in [1.165, 1.54) is 57.5 Å². The van der Waals surface area contributed by atoms with Crippen LogP contribution in [-0.4, -0.2) is 36.0 Å². The summed E-state index contributed by atoms with van der Waals surface area (Å²) in [5.74, 6) is 0.173. The Labute approximate surface area is 171 Å². The lowest BCUT2D eigenvalue weighted by molar-refractivity contribution is -0.122. The van der Waals surface area contributed by atoms with Crippen molar-refractivity contribution in [1.82, 2.24) is 9.78 Å². The van der Waals surface area contributed by atoms with Crippen LogP contribution in [0.25, 0.3) is 5.69 Å².